The van der Waals surface area contributed by atoms with Crippen LogP contribution in [0.2, 0.25) is 0 Å². The minimum Gasteiger partial charge on any atom is -0.480 e. The summed E-state index contributed by atoms with van der Waals surface area (Å²) in [5, 5.41) is 11.9. The van der Waals surface area contributed by atoms with Gasteiger partial charge in [-0.3, -0.25) is 4.79 Å². The van der Waals surface area contributed by atoms with Crippen molar-refractivity contribution < 1.29 is 9.90 Å². The third-order valence-electron chi connectivity index (χ3n) is 1.84. The van der Waals surface area contributed by atoms with E-state index in [1.54, 1.807) is 0 Å². The Morgan fingerprint density at radius 3 is 2.57 bits per heavy atom. The molecule has 0 aliphatic heterocycles. The summed E-state index contributed by atoms with van der Waals surface area (Å²) in [6.45, 7) is 4.96. The van der Waals surface area contributed by atoms with Gasteiger partial charge in [-0.15, -0.1) is 0 Å². The van der Waals surface area contributed by atoms with Crippen molar-refractivity contribution in [3.63, 3.8) is 0 Å². The maximum Gasteiger partial charge on any atom is 0.320 e. The smallest absolute Gasteiger partial charge is 0.320 e. The molecular formula is C10H21NO2S. The van der Waals surface area contributed by atoms with Gasteiger partial charge in [0.2, 0.25) is 0 Å². The van der Waals surface area contributed by atoms with E-state index in [9.17, 15) is 4.79 Å². The first kappa shape index (κ1) is 13.8. The second-order valence-corrected chi connectivity index (χ2v) is 4.47. The van der Waals surface area contributed by atoms with Gasteiger partial charge < -0.3 is 10.4 Å². The highest BCUT2D eigenvalue weighted by molar-refractivity contribution is 7.99. The molecule has 1 unspecified atom stereocenters. The molecule has 0 aromatic heterocycles. The molecule has 0 aromatic rings. The van der Waals surface area contributed by atoms with Crippen molar-refractivity contribution in [2.75, 3.05) is 18.1 Å². The van der Waals surface area contributed by atoms with Gasteiger partial charge in [0, 0.05) is 0 Å². The Morgan fingerprint density at radius 1 is 1.36 bits per heavy atom. The summed E-state index contributed by atoms with van der Waals surface area (Å²) in [6.07, 6.45) is 2.86. The SMILES string of the molecule is CCCNC(CCSCCC)C(=O)O. The molecule has 0 aliphatic carbocycles. The maximum absolute atomic E-state index is 10.8. The molecule has 3 nitrogen and oxygen atoms in total. The molecule has 14 heavy (non-hydrogen) atoms. The summed E-state index contributed by atoms with van der Waals surface area (Å²) in [6, 6.07) is -0.362. The van der Waals surface area contributed by atoms with Crippen LogP contribution in [-0.2, 0) is 4.79 Å². The average Bonchev–Trinajstić information content (AvgIpc) is 2.16. The van der Waals surface area contributed by atoms with Gasteiger partial charge in [-0.25, -0.2) is 0 Å². The number of carboxylic acids is 1. The van der Waals surface area contributed by atoms with Crippen LogP contribution in [-0.4, -0.2) is 35.2 Å². The number of carboxylic acid groups (broad SMARTS) is 1. The van der Waals surface area contributed by atoms with E-state index in [1.165, 1.54) is 0 Å². The van der Waals surface area contributed by atoms with E-state index in [0.29, 0.717) is 0 Å². The van der Waals surface area contributed by atoms with Crippen molar-refractivity contribution in [2.45, 2.75) is 39.2 Å². The number of carbonyl (C=O) groups is 1. The number of thioether (sulfide) groups is 1. The number of hydrogen-bond donors (Lipinski definition) is 2. The maximum atomic E-state index is 10.8. The molecule has 0 rings (SSSR count). The minimum absolute atomic E-state index is 0.362. The normalized spacial score (nSPS) is 12.7. The Hall–Kier alpha value is -0.220. The number of rotatable bonds is 9. The van der Waals surface area contributed by atoms with E-state index in [4.69, 9.17) is 5.11 Å². The Balaban J connectivity index is 3.57. The van der Waals surface area contributed by atoms with Crippen molar-refractivity contribution in [3.8, 4) is 0 Å². The fourth-order valence-electron chi connectivity index (χ4n) is 1.08. The molecule has 0 radical (unpaired) electrons. The van der Waals surface area contributed by atoms with E-state index < -0.39 is 5.97 Å². The molecule has 0 heterocycles. The molecule has 0 saturated heterocycles. The van der Waals surface area contributed by atoms with Crippen LogP contribution in [0.1, 0.15) is 33.1 Å². The number of hydrogen-bond acceptors (Lipinski definition) is 3. The molecular weight excluding hydrogens is 198 g/mol. The molecule has 0 amide bonds. The molecule has 0 saturated carbocycles. The topological polar surface area (TPSA) is 49.3 Å². The average molecular weight is 219 g/mol. The molecule has 0 bridgehead atoms. The molecule has 2 N–H and O–H groups in total. The van der Waals surface area contributed by atoms with Crippen LogP contribution in [0.15, 0.2) is 0 Å². The van der Waals surface area contributed by atoms with Gasteiger partial charge in [0.15, 0.2) is 0 Å². The highest BCUT2D eigenvalue weighted by Crippen LogP contribution is 2.06. The zero-order chi connectivity index (χ0) is 10.8. The molecule has 84 valence electrons. The van der Waals surface area contributed by atoms with Gasteiger partial charge in [-0.1, -0.05) is 13.8 Å². The van der Waals surface area contributed by atoms with Crippen LogP contribution < -0.4 is 5.32 Å². The molecule has 0 fully saturated rings. The first-order valence-electron chi connectivity index (χ1n) is 5.26. The van der Waals surface area contributed by atoms with E-state index in [0.717, 1.165) is 37.3 Å². The lowest BCUT2D eigenvalue weighted by atomic mass is 10.2. The second kappa shape index (κ2) is 9.34. The van der Waals surface area contributed by atoms with Gasteiger partial charge in [0.1, 0.15) is 6.04 Å². The molecule has 0 spiro atoms. The zero-order valence-corrected chi connectivity index (χ0v) is 9.90. The van der Waals surface area contributed by atoms with Crippen LogP contribution in [0.3, 0.4) is 0 Å². The van der Waals surface area contributed by atoms with Gasteiger partial charge in [0.25, 0.3) is 0 Å². The largest absolute Gasteiger partial charge is 0.480 e. The Kier molecular flexibility index (Phi) is 9.19. The Labute approximate surface area is 90.7 Å². The number of nitrogens with one attached hydrogen (secondary N) is 1. The lowest BCUT2D eigenvalue weighted by molar-refractivity contribution is -0.139. The van der Waals surface area contributed by atoms with Crippen molar-refractivity contribution in [1.82, 2.24) is 5.32 Å². The highest BCUT2D eigenvalue weighted by Gasteiger charge is 2.14. The molecule has 1 atom stereocenters. The fraction of sp³-hybridized carbons (Fsp3) is 0.900. The van der Waals surface area contributed by atoms with Gasteiger partial charge in [0.05, 0.1) is 0 Å². The predicted molar refractivity (Wildman–Crippen MR) is 62.0 cm³/mol. The molecule has 0 aromatic carbocycles. The Morgan fingerprint density at radius 2 is 2.07 bits per heavy atom. The minimum atomic E-state index is -0.726. The van der Waals surface area contributed by atoms with Gasteiger partial charge in [-0.05, 0) is 37.3 Å². The fourth-order valence-corrected chi connectivity index (χ4v) is 1.97. The number of aliphatic carboxylic acids is 1. The predicted octanol–water partition coefficient (Wildman–Crippen LogP) is 1.97. The third-order valence-corrected chi connectivity index (χ3v) is 3.06. The summed E-state index contributed by atoms with van der Waals surface area (Å²) in [7, 11) is 0. The zero-order valence-electron chi connectivity index (χ0n) is 9.08. The summed E-state index contributed by atoms with van der Waals surface area (Å²) in [5.74, 6) is 1.33. The first-order chi connectivity index (χ1) is 6.72. The summed E-state index contributed by atoms with van der Waals surface area (Å²) >= 11 is 1.83. The van der Waals surface area contributed by atoms with Crippen LogP contribution in [0.25, 0.3) is 0 Å². The van der Waals surface area contributed by atoms with Crippen molar-refractivity contribution in [1.29, 1.82) is 0 Å². The van der Waals surface area contributed by atoms with E-state index >= 15 is 0 Å². The van der Waals surface area contributed by atoms with E-state index in [1.807, 2.05) is 18.7 Å². The van der Waals surface area contributed by atoms with Crippen LogP contribution >= 0.6 is 11.8 Å². The van der Waals surface area contributed by atoms with Crippen molar-refractivity contribution >= 4 is 17.7 Å². The summed E-state index contributed by atoms with van der Waals surface area (Å²) in [4.78, 5) is 10.8. The second-order valence-electron chi connectivity index (χ2n) is 3.25. The standard InChI is InChI=1S/C10H21NO2S/c1-3-6-11-9(10(12)13)5-8-14-7-4-2/h9,11H,3-8H2,1-2H3,(H,12,13). The highest BCUT2D eigenvalue weighted by atomic mass is 32.2. The lowest BCUT2D eigenvalue weighted by Crippen LogP contribution is -2.37. The van der Waals surface area contributed by atoms with Crippen LogP contribution in [0.4, 0.5) is 0 Å². The third kappa shape index (κ3) is 7.21. The lowest BCUT2D eigenvalue weighted by Gasteiger charge is -2.13. The summed E-state index contributed by atoms with van der Waals surface area (Å²) < 4.78 is 0. The van der Waals surface area contributed by atoms with Gasteiger partial charge in [-0.2, -0.15) is 11.8 Å². The quantitative estimate of drug-likeness (QED) is 0.582. The van der Waals surface area contributed by atoms with Crippen molar-refractivity contribution in [3.05, 3.63) is 0 Å². The van der Waals surface area contributed by atoms with Crippen LogP contribution in [0.5, 0.6) is 0 Å². The molecule has 0 aliphatic rings. The summed E-state index contributed by atoms with van der Waals surface area (Å²) in [5.41, 5.74) is 0. The van der Waals surface area contributed by atoms with Gasteiger partial charge >= 0.3 is 5.97 Å². The van der Waals surface area contributed by atoms with E-state index in [2.05, 4.69) is 12.2 Å². The molecule has 4 heteroatoms. The monoisotopic (exact) mass is 219 g/mol. The van der Waals surface area contributed by atoms with E-state index in [-0.39, 0.29) is 6.04 Å². The van der Waals surface area contributed by atoms with Crippen molar-refractivity contribution in [2.24, 2.45) is 0 Å². The first-order valence-corrected chi connectivity index (χ1v) is 6.41. The van der Waals surface area contributed by atoms with Crippen LogP contribution in [0, 0.1) is 0 Å². The Bertz CT molecular complexity index is 153.